The number of hydrogen-bond acceptors (Lipinski definition) is 4. The van der Waals surface area contributed by atoms with Crippen molar-refractivity contribution in [3.63, 3.8) is 0 Å². The molecule has 7 nitrogen and oxygen atoms in total. The molecule has 2 aromatic carbocycles. The van der Waals surface area contributed by atoms with E-state index in [1.807, 2.05) is 38.1 Å². The van der Waals surface area contributed by atoms with E-state index in [9.17, 15) is 14.4 Å². The lowest BCUT2D eigenvalue weighted by Crippen LogP contribution is -2.46. The van der Waals surface area contributed by atoms with Crippen molar-refractivity contribution in [3.05, 3.63) is 65.2 Å². The maximum Gasteiger partial charge on any atom is 0.408 e. The minimum absolute atomic E-state index is 0.300. The van der Waals surface area contributed by atoms with E-state index in [1.165, 1.54) is 4.90 Å². The smallest absolute Gasteiger partial charge is 0.408 e. The van der Waals surface area contributed by atoms with E-state index >= 15 is 0 Å². The fourth-order valence-corrected chi connectivity index (χ4v) is 3.35. The molecule has 7 heteroatoms. The molecule has 180 valence electrons. The van der Waals surface area contributed by atoms with Gasteiger partial charge in [0, 0.05) is 17.8 Å². The van der Waals surface area contributed by atoms with Crippen LogP contribution in [0.4, 0.5) is 10.5 Å². The van der Waals surface area contributed by atoms with Gasteiger partial charge in [-0.3, -0.25) is 9.59 Å². The quantitative estimate of drug-likeness (QED) is 0.568. The van der Waals surface area contributed by atoms with Crippen molar-refractivity contribution in [3.8, 4) is 12.3 Å². The van der Waals surface area contributed by atoms with Crippen LogP contribution in [0.1, 0.15) is 56.8 Å². The number of aryl methyl sites for hydroxylation is 1. The average molecular weight is 464 g/mol. The number of para-hydroxylation sites is 1. The fraction of sp³-hybridized carbons (Fsp3) is 0.370. The highest BCUT2D eigenvalue weighted by Gasteiger charge is 2.31. The molecule has 34 heavy (non-hydrogen) atoms. The molecule has 1 atom stereocenters. The summed E-state index contributed by atoms with van der Waals surface area (Å²) in [5.74, 6) is 1.79. The van der Waals surface area contributed by atoms with Gasteiger partial charge in [0.05, 0.1) is 0 Å². The maximum atomic E-state index is 13.5. The highest BCUT2D eigenvalue weighted by Crippen LogP contribution is 2.25. The Hall–Kier alpha value is -3.79. The van der Waals surface area contributed by atoms with Crippen LogP contribution in [0.2, 0.25) is 0 Å². The number of anilines is 1. The van der Waals surface area contributed by atoms with E-state index in [0.717, 1.165) is 5.56 Å². The first kappa shape index (κ1) is 26.5. The lowest BCUT2D eigenvalue weighted by atomic mass is 10.0. The van der Waals surface area contributed by atoms with Gasteiger partial charge in [-0.05, 0) is 63.4 Å². The normalized spacial score (nSPS) is 11.6. The van der Waals surface area contributed by atoms with E-state index in [-0.39, 0.29) is 12.5 Å². The number of nitrogens with one attached hydrogen (secondary N) is 2. The molecule has 1 unspecified atom stereocenters. The van der Waals surface area contributed by atoms with Crippen molar-refractivity contribution in [2.75, 3.05) is 18.4 Å². The van der Waals surface area contributed by atoms with Gasteiger partial charge in [0.25, 0.3) is 5.91 Å². The molecule has 3 amide bonds. The summed E-state index contributed by atoms with van der Waals surface area (Å²) in [6.45, 7) is 9.05. The number of amides is 3. The third kappa shape index (κ3) is 7.66. The van der Waals surface area contributed by atoms with Crippen LogP contribution in [-0.2, 0) is 14.3 Å². The van der Waals surface area contributed by atoms with E-state index < -0.39 is 23.6 Å². The molecule has 0 aliphatic heterocycles. The number of terminal acetylenes is 1. The zero-order chi connectivity index (χ0) is 25.3. The average Bonchev–Trinajstić information content (AvgIpc) is 2.78. The number of nitrogens with zero attached hydrogens (tertiary/aromatic N) is 1. The first-order valence-corrected chi connectivity index (χ1v) is 11.2. The Morgan fingerprint density at radius 3 is 2.29 bits per heavy atom. The van der Waals surface area contributed by atoms with Crippen LogP contribution in [0.3, 0.4) is 0 Å². The van der Waals surface area contributed by atoms with Crippen LogP contribution in [0, 0.1) is 19.3 Å². The third-order valence-electron chi connectivity index (χ3n) is 4.92. The summed E-state index contributed by atoms with van der Waals surface area (Å²) in [5, 5.41) is 5.43. The third-order valence-corrected chi connectivity index (χ3v) is 4.92. The lowest BCUT2D eigenvalue weighted by molar-refractivity contribution is -0.138. The molecule has 0 saturated carbocycles. The van der Waals surface area contributed by atoms with Gasteiger partial charge in [0.2, 0.25) is 5.91 Å². The Morgan fingerprint density at radius 1 is 1.09 bits per heavy atom. The van der Waals surface area contributed by atoms with Crippen LogP contribution >= 0.6 is 0 Å². The zero-order valence-electron chi connectivity index (χ0n) is 20.5. The number of benzene rings is 2. The zero-order valence-corrected chi connectivity index (χ0v) is 20.5. The van der Waals surface area contributed by atoms with Gasteiger partial charge < -0.3 is 20.3 Å². The van der Waals surface area contributed by atoms with E-state index in [1.54, 1.807) is 45.0 Å². The second-order valence-electron chi connectivity index (χ2n) is 8.92. The molecule has 2 rings (SSSR count). The summed E-state index contributed by atoms with van der Waals surface area (Å²) in [6.07, 6.45) is 5.40. The molecule has 0 aliphatic rings. The summed E-state index contributed by atoms with van der Waals surface area (Å²) in [4.78, 5) is 40.2. The molecule has 2 aromatic rings. The number of ether oxygens (including phenoxy) is 1. The predicted molar refractivity (Wildman–Crippen MR) is 133 cm³/mol. The molecular weight excluding hydrogens is 430 g/mol. The van der Waals surface area contributed by atoms with Crippen molar-refractivity contribution in [2.45, 2.75) is 52.7 Å². The summed E-state index contributed by atoms with van der Waals surface area (Å²) < 4.78 is 5.22. The monoisotopic (exact) mass is 463 g/mol. The number of alkyl carbamates (subject to hydrolysis) is 1. The van der Waals surface area contributed by atoms with Gasteiger partial charge >= 0.3 is 6.09 Å². The van der Waals surface area contributed by atoms with E-state index in [2.05, 4.69) is 16.6 Å². The van der Waals surface area contributed by atoms with Crippen LogP contribution in [0.15, 0.2) is 48.5 Å². The number of carbonyl (C=O) groups is 3. The Morgan fingerprint density at radius 2 is 1.74 bits per heavy atom. The van der Waals surface area contributed by atoms with Crippen molar-refractivity contribution >= 4 is 23.6 Å². The molecule has 0 saturated heterocycles. The molecule has 0 aromatic heterocycles. The second kappa shape index (κ2) is 11.9. The number of rotatable bonds is 8. The second-order valence-corrected chi connectivity index (χ2v) is 8.92. The molecule has 0 radical (unpaired) electrons. The first-order valence-electron chi connectivity index (χ1n) is 11.2. The summed E-state index contributed by atoms with van der Waals surface area (Å²) in [6, 6.07) is 13.5. The van der Waals surface area contributed by atoms with Gasteiger partial charge in [0.15, 0.2) is 0 Å². The van der Waals surface area contributed by atoms with Gasteiger partial charge in [-0.1, -0.05) is 43.2 Å². The molecule has 0 spiro atoms. The molecule has 0 bridgehead atoms. The number of carbonyl (C=O) groups excluding carboxylic acids is 3. The summed E-state index contributed by atoms with van der Waals surface area (Å²) >= 11 is 0. The Bertz CT molecular complexity index is 1050. The minimum atomic E-state index is -0.917. The molecule has 2 N–H and O–H groups in total. The highest BCUT2D eigenvalue weighted by atomic mass is 16.6. The maximum absolute atomic E-state index is 13.5. The standard InChI is InChI=1S/C27H33N3O4/c1-7-17-30(23(31)18-28-26(33)34-27(4,5)6)24(21-15-13-20(8-2)14-16-21)25(32)29-22-12-10-9-11-19(22)3/h2,9-16,24H,7,17-18H2,1,3-6H3,(H,28,33)(H,29,32). The minimum Gasteiger partial charge on any atom is -0.444 e. The van der Waals surface area contributed by atoms with Crippen molar-refractivity contribution in [2.24, 2.45) is 0 Å². The van der Waals surface area contributed by atoms with Crippen molar-refractivity contribution < 1.29 is 19.1 Å². The van der Waals surface area contributed by atoms with Crippen LogP contribution in [0.5, 0.6) is 0 Å². The fourth-order valence-electron chi connectivity index (χ4n) is 3.35. The van der Waals surface area contributed by atoms with Gasteiger partial charge in [-0.25, -0.2) is 4.79 Å². The van der Waals surface area contributed by atoms with Gasteiger partial charge in [0.1, 0.15) is 18.2 Å². The van der Waals surface area contributed by atoms with Crippen LogP contribution in [0.25, 0.3) is 0 Å². The topological polar surface area (TPSA) is 87.7 Å². The van der Waals surface area contributed by atoms with E-state index in [0.29, 0.717) is 29.8 Å². The summed E-state index contributed by atoms with van der Waals surface area (Å²) in [7, 11) is 0. The van der Waals surface area contributed by atoms with Crippen LogP contribution in [-0.4, -0.2) is 41.5 Å². The SMILES string of the molecule is C#Cc1ccc(C(C(=O)Nc2ccccc2C)N(CCC)C(=O)CNC(=O)OC(C)(C)C)cc1. The van der Waals surface area contributed by atoms with Crippen molar-refractivity contribution in [1.29, 1.82) is 0 Å². The van der Waals surface area contributed by atoms with Gasteiger partial charge in [-0.2, -0.15) is 0 Å². The lowest BCUT2D eigenvalue weighted by Gasteiger charge is -2.31. The Kier molecular flexibility index (Phi) is 9.26. The largest absolute Gasteiger partial charge is 0.444 e. The highest BCUT2D eigenvalue weighted by molar-refractivity contribution is 5.98. The van der Waals surface area contributed by atoms with E-state index in [4.69, 9.17) is 11.2 Å². The van der Waals surface area contributed by atoms with Gasteiger partial charge in [-0.15, -0.1) is 6.42 Å². The first-order chi connectivity index (χ1) is 16.1. The Labute approximate surface area is 201 Å². The number of hydrogen-bond donors (Lipinski definition) is 2. The summed E-state index contributed by atoms with van der Waals surface area (Å²) in [5.41, 5.74) is 2.15. The molecule has 0 fully saturated rings. The van der Waals surface area contributed by atoms with Crippen molar-refractivity contribution in [1.82, 2.24) is 10.2 Å². The Balaban J connectivity index is 2.34. The molecular formula is C27H33N3O4. The van der Waals surface area contributed by atoms with Crippen LogP contribution < -0.4 is 10.6 Å². The molecule has 0 heterocycles. The predicted octanol–water partition coefficient (Wildman–Crippen LogP) is 4.42. The molecule has 0 aliphatic carbocycles.